The summed E-state index contributed by atoms with van der Waals surface area (Å²) in [5.74, 6) is -0.435. The Labute approximate surface area is 155 Å². The van der Waals surface area contributed by atoms with Gasteiger partial charge < -0.3 is 13.9 Å². The predicted octanol–water partition coefficient (Wildman–Crippen LogP) is -0.0402. The molecule has 1 saturated heterocycles. The van der Waals surface area contributed by atoms with E-state index in [1.54, 1.807) is 18.2 Å². The Bertz CT molecular complexity index is 888. The molecule has 3 rings (SSSR count). The summed E-state index contributed by atoms with van der Waals surface area (Å²) in [6, 6.07) is 6.40. The largest absolute Gasteiger partial charge is 0.484 e. The third-order valence-electron chi connectivity index (χ3n) is 4.11. The van der Waals surface area contributed by atoms with E-state index in [4.69, 9.17) is 13.9 Å². The molecule has 0 saturated carbocycles. The predicted molar refractivity (Wildman–Crippen MR) is 96.3 cm³/mol. The Morgan fingerprint density at radius 2 is 1.89 bits per heavy atom. The number of fused-ring (bicyclic) bond motifs is 1. The number of morpholine rings is 1. The molecule has 0 radical (unpaired) electrons. The topological polar surface area (TPSA) is 110 Å². The maximum atomic E-state index is 11.8. The van der Waals surface area contributed by atoms with Crippen LogP contribution in [0.25, 0.3) is 11.0 Å². The standard InChI is InChI=1S/C18H21N3O6/c1-12-8-18(24)27-15-9-13(2-3-14(12)15)26-11-17(23)20-19-16(22)10-21-4-6-25-7-5-21/h2-3,8-9H,4-7,10-11H2,1H3,(H,19,22)(H,20,23). The van der Waals surface area contributed by atoms with Crippen LogP contribution in [0.15, 0.2) is 33.5 Å². The SMILES string of the molecule is Cc1cc(=O)oc2cc(OCC(=O)NNC(=O)CN3CCOCC3)ccc12. The van der Waals surface area contributed by atoms with Crippen molar-refractivity contribution in [2.45, 2.75) is 6.92 Å². The van der Waals surface area contributed by atoms with E-state index < -0.39 is 11.5 Å². The van der Waals surface area contributed by atoms with E-state index in [2.05, 4.69) is 10.9 Å². The summed E-state index contributed by atoms with van der Waals surface area (Å²) in [5, 5.41) is 0.793. The van der Waals surface area contributed by atoms with Gasteiger partial charge in [0.25, 0.3) is 11.8 Å². The second-order valence-electron chi connectivity index (χ2n) is 6.18. The van der Waals surface area contributed by atoms with Gasteiger partial charge in [-0.1, -0.05) is 0 Å². The summed E-state index contributed by atoms with van der Waals surface area (Å²) in [4.78, 5) is 37.0. The summed E-state index contributed by atoms with van der Waals surface area (Å²) in [5.41, 5.74) is 5.39. The number of carbonyl (C=O) groups is 2. The van der Waals surface area contributed by atoms with Crippen LogP contribution in [0.3, 0.4) is 0 Å². The molecule has 1 aromatic heterocycles. The summed E-state index contributed by atoms with van der Waals surface area (Å²) in [7, 11) is 0. The monoisotopic (exact) mass is 375 g/mol. The highest BCUT2D eigenvalue weighted by molar-refractivity contribution is 5.84. The minimum Gasteiger partial charge on any atom is -0.484 e. The number of amides is 2. The maximum Gasteiger partial charge on any atom is 0.336 e. The molecule has 0 atom stereocenters. The number of ether oxygens (including phenoxy) is 2. The van der Waals surface area contributed by atoms with Crippen LogP contribution in [0.2, 0.25) is 0 Å². The molecular weight excluding hydrogens is 354 g/mol. The van der Waals surface area contributed by atoms with E-state index in [-0.39, 0.29) is 19.1 Å². The lowest BCUT2D eigenvalue weighted by Crippen LogP contribution is -2.49. The number of nitrogens with one attached hydrogen (secondary N) is 2. The molecule has 1 aliphatic heterocycles. The van der Waals surface area contributed by atoms with E-state index in [9.17, 15) is 14.4 Å². The maximum absolute atomic E-state index is 11.8. The molecule has 1 aromatic carbocycles. The lowest BCUT2D eigenvalue weighted by atomic mass is 10.1. The molecule has 1 fully saturated rings. The first kappa shape index (κ1) is 18.9. The third kappa shape index (κ3) is 5.28. The first-order valence-corrected chi connectivity index (χ1v) is 8.56. The Balaban J connectivity index is 1.46. The first-order chi connectivity index (χ1) is 13.0. The Morgan fingerprint density at radius 1 is 1.15 bits per heavy atom. The summed E-state index contributed by atoms with van der Waals surface area (Å²) in [6.07, 6.45) is 0. The van der Waals surface area contributed by atoms with Gasteiger partial charge in [0.1, 0.15) is 11.3 Å². The first-order valence-electron chi connectivity index (χ1n) is 8.56. The number of hydrazine groups is 1. The van der Waals surface area contributed by atoms with Crippen LogP contribution >= 0.6 is 0 Å². The number of benzene rings is 1. The molecule has 2 heterocycles. The Morgan fingerprint density at radius 3 is 2.67 bits per heavy atom. The Kier molecular flexibility index (Phi) is 6.05. The van der Waals surface area contributed by atoms with Gasteiger partial charge in [-0.25, -0.2) is 4.79 Å². The van der Waals surface area contributed by atoms with Gasteiger partial charge in [0.15, 0.2) is 6.61 Å². The molecule has 2 N–H and O–H groups in total. The fourth-order valence-electron chi connectivity index (χ4n) is 2.72. The molecule has 144 valence electrons. The molecule has 9 nitrogen and oxygen atoms in total. The van der Waals surface area contributed by atoms with Crippen molar-refractivity contribution in [2.75, 3.05) is 39.5 Å². The molecule has 1 aliphatic rings. The van der Waals surface area contributed by atoms with Crippen LogP contribution in [-0.2, 0) is 14.3 Å². The van der Waals surface area contributed by atoms with Crippen LogP contribution in [0.5, 0.6) is 5.75 Å². The quantitative estimate of drug-likeness (QED) is 0.557. The van der Waals surface area contributed by atoms with E-state index in [1.165, 1.54) is 6.07 Å². The lowest BCUT2D eigenvalue weighted by molar-refractivity contribution is -0.131. The van der Waals surface area contributed by atoms with E-state index in [0.717, 1.165) is 10.9 Å². The minimum absolute atomic E-state index is 0.188. The fraction of sp³-hybridized carbons (Fsp3) is 0.389. The van der Waals surface area contributed by atoms with Crippen molar-refractivity contribution >= 4 is 22.8 Å². The van der Waals surface area contributed by atoms with Gasteiger partial charge in [-0.3, -0.25) is 25.3 Å². The molecule has 2 amide bonds. The van der Waals surface area contributed by atoms with E-state index in [1.807, 2.05) is 11.8 Å². The van der Waals surface area contributed by atoms with Crippen molar-refractivity contribution in [3.05, 3.63) is 40.2 Å². The van der Waals surface area contributed by atoms with Gasteiger partial charge in [0, 0.05) is 30.6 Å². The normalized spacial score (nSPS) is 14.7. The third-order valence-corrected chi connectivity index (χ3v) is 4.11. The molecule has 0 unspecified atom stereocenters. The number of hydrogen-bond donors (Lipinski definition) is 2. The van der Waals surface area contributed by atoms with Gasteiger partial charge in [0.05, 0.1) is 19.8 Å². The van der Waals surface area contributed by atoms with E-state index in [0.29, 0.717) is 37.6 Å². The zero-order valence-corrected chi connectivity index (χ0v) is 14.9. The number of aryl methyl sites for hydroxylation is 1. The number of carbonyl (C=O) groups excluding carboxylic acids is 2. The molecule has 0 bridgehead atoms. The van der Waals surface area contributed by atoms with Gasteiger partial charge in [0.2, 0.25) is 0 Å². The summed E-state index contributed by atoms with van der Waals surface area (Å²) in [6.45, 7) is 4.27. The molecule has 27 heavy (non-hydrogen) atoms. The zero-order chi connectivity index (χ0) is 19.2. The summed E-state index contributed by atoms with van der Waals surface area (Å²) < 4.78 is 15.7. The molecular formula is C18H21N3O6. The van der Waals surface area contributed by atoms with Crippen LogP contribution < -0.4 is 21.2 Å². The Hall–Kier alpha value is -2.91. The highest BCUT2D eigenvalue weighted by Crippen LogP contribution is 2.22. The van der Waals surface area contributed by atoms with Crippen molar-refractivity contribution in [2.24, 2.45) is 0 Å². The smallest absolute Gasteiger partial charge is 0.336 e. The zero-order valence-electron chi connectivity index (χ0n) is 14.9. The minimum atomic E-state index is -0.504. The van der Waals surface area contributed by atoms with Gasteiger partial charge in [-0.15, -0.1) is 0 Å². The van der Waals surface area contributed by atoms with Crippen LogP contribution in [-0.4, -0.2) is 56.2 Å². The second-order valence-corrected chi connectivity index (χ2v) is 6.18. The highest BCUT2D eigenvalue weighted by atomic mass is 16.5. The number of rotatable bonds is 5. The van der Waals surface area contributed by atoms with Gasteiger partial charge in [-0.05, 0) is 24.6 Å². The van der Waals surface area contributed by atoms with Crippen molar-refractivity contribution in [3.63, 3.8) is 0 Å². The van der Waals surface area contributed by atoms with Crippen molar-refractivity contribution in [3.8, 4) is 5.75 Å². The lowest BCUT2D eigenvalue weighted by Gasteiger charge is -2.25. The van der Waals surface area contributed by atoms with Crippen molar-refractivity contribution in [1.29, 1.82) is 0 Å². The second kappa shape index (κ2) is 8.65. The van der Waals surface area contributed by atoms with Crippen molar-refractivity contribution in [1.82, 2.24) is 15.8 Å². The van der Waals surface area contributed by atoms with Crippen LogP contribution in [0.1, 0.15) is 5.56 Å². The van der Waals surface area contributed by atoms with Gasteiger partial charge in [-0.2, -0.15) is 0 Å². The molecule has 2 aromatic rings. The number of nitrogens with zero attached hydrogens (tertiary/aromatic N) is 1. The molecule has 9 heteroatoms. The average Bonchev–Trinajstić information content (AvgIpc) is 2.65. The molecule has 0 aliphatic carbocycles. The highest BCUT2D eigenvalue weighted by Gasteiger charge is 2.14. The van der Waals surface area contributed by atoms with E-state index >= 15 is 0 Å². The summed E-state index contributed by atoms with van der Waals surface area (Å²) >= 11 is 0. The van der Waals surface area contributed by atoms with Gasteiger partial charge >= 0.3 is 5.63 Å². The number of hydrogen-bond acceptors (Lipinski definition) is 7. The van der Waals surface area contributed by atoms with Crippen LogP contribution in [0.4, 0.5) is 0 Å². The molecule has 0 spiro atoms. The van der Waals surface area contributed by atoms with Crippen molar-refractivity contribution < 1.29 is 23.5 Å². The fourth-order valence-corrected chi connectivity index (χ4v) is 2.72. The average molecular weight is 375 g/mol. The van der Waals surface area contributed by atoms with Crippen LogP contribution in [0, 0.1) is 6.92 Å².